The first-order valence-corrected chi connectivity index (χ1v) is 13.5. The van der Waals surface area contributed by atoms with E-state index in [1.165, 1.54) is 32.4 Å². The number of hydrogen-bond donors (Lipinski definition) is 1. The lowest BCUT2D eigenvalue weighted by Gasteiger charge is -2.19. The quantitative estimate of drug-likeness (QED) is 0.326. The summed E-state index contributed by atoms with van der Waals surface area (Å²) in [5.41, 5.74) is -1.10. The molecule has 0 aromatic heterocycles. The Morgan fingerprint density at radius 1 is 0.949 bits per heavy atom. The molecular weight excluding hydrogens is 561 g/mol. The van der Waals surface area contributed by atoms with Gasteiger partial charge in [0.15, 0.2) is 11.5 Å². The number of likely N-dealkylation sites (tertiary alicyclic amines) is 1. The lowest BCUT2D eigenvalue weighted by Crippen LogP contribution is -2.23. The number of rotatable bonds is 9. The van der Waals surface area contributed by atoms with Crippen molar-refractivity contribution >= 4 is 27.3 Å². The molecule has 0 spiro atoms. The first-order chi connectivity index (χ1) is 18.4. The van der Waals surface area contributed by atoms with Crippen molar-refractivity contribution in [3.05, 3.63) is 65.2 Å². The molecule has 210 valence electrons. The van der Waals surface area contributed by atoms with Gasteiger partial charge < -0.3 is 23.8 Å². The van der Waals surface area contributed by atoms with Crippen molar-refractivity contribution in [3.8, 4) is 28.7 Å². The second-order valence-electron chi connectivity index (χ2n) is 8.82. The van der Waals surface area contributed by atoms with Crippen LogP contribution in [0.3, 0.4) is 0 Å². The Bertz CT molecular complexity index is 1450. The third-order valence-corrected chi connectivity index (χ3v) is 7.83. The van der Waals surface area contributed by atoms with Crippen LogP contribution in [0.25, 0.3) is 0 Å². The van der Waals surface area contributed by atoms with Crippen molar-refractivity contribution in [2.24, 2.45) is 0 Å². The van der Waals surface area contributed by atoms with Crippen LogP contribution >= 0.6 is 11.6 Å². The number of nitrogens with one attached hydrogen (secondary N) is 1. The summed E-state index contributed by atoms with van der Waals surface area (Å²) in [4.78, 5) is 1.65. The Labute approximate surface area is 229 Å². The van der Waals surface area contributed by atoms with Crippen LogP contribution < -0.4 is 23.7 Å². The van der Waals surface area contributed by atoms with E-state index in [2.05, 4.69) is 4.72 Å². The highest BCUT2D eigenvalue weighted by Gasteiger charge is 2.36. The highest BCUT2D eigenvalue weighted by atomic mass is 35.5. The van der Waals surface area contributed by atoms with Crippen molar-refractivity contribution < 1.29 is 40.5 Å². The molecule has 8 nitrogen and oxygen atoms in total. The Balaban J connectivity index is 1.55. The smallest absolute Gasteiger partial charge is 0.419 e. The lowest BCUT2D eigenvalue weighted by atomic mass is 10.1. The van der Waals surface area contributed by atoms with Crippen LogP contribution in [0.2, 0.25) is 5.02 Å². The molecule has 39 heavy (non-hydrogen) atoms. The highest BCUT2D eigenvalue weighted by Crippen LogP contribution is 2.40. The van der Waals surface area contributed by atoms with Crippen LogP contribution in [0.4, 0.5) is 18.9 Å². The number of methoxy groups -OCH3 is 2. The molecule has 13 heteroatoms. The van der Waals surface area contributed by atoms with Crippen LogP contribution in [0.5, 0.6) is 28.7 Å². The molecule has 0 amide bonds. The number of hydrogen-bond acceptors (Lipinski definition) is 7. The fourth-order valence-corrected chi connectivity index (χ4v) is 5.66. The van der Waals surface area contributed by atoms with Gasteiger partial charge in [0.05, 0.1) is 30.5 Å². The van der Waals surface area contributed by atoms with E-state index in [1.54, 1.807) is 18.2 Å². The minimum atomic E-state index is -4.68. The SMILES string of the molecule is COc1ccc(Oc2ccc(S(=O)(=O)Nc3ccc(C(F)(F)F)c(O[C@@H]4CCN(C)C4)c3)c(Cl)c2)cc1OC. The minimum absolute atomic E-state index is 0.105. The van der Waals surface area contributed by atoms with E-state index in [9.17, 15) is 21.6 Å². The molecule has 0 aliphatic carbocycles. The van der Waals surface area contributed by atoms with Gasteiger partial charge in [0.2, 0.25) is 0 Å². The van der Waals surface area contributed by atoms with Gasteiger partial charge in [0, 0.05) is 31.3 Å². The monoisotopic (exact) mass is 586 g/mol. The topological polar surface area (TPSA) is 86.3 Å². The largest absolute Gasteiger partial charge is 0.493 e. The minimum Gasteiger partial charge on any atom is -0.493 e. The van der Waals surface area contributed by atoms with E-state index in [1.807, 2.05) is 11.9 Å². The molecular formula is C26H26ClF3N2O6S. The molecule has 0 saturated carbocycles. The van der Waals surface area contributed by atoms with Crippen LogP contribution in [0, 0.1) is 0 Å². The van der Waals surface area contributed by atoms with E-state index in [4.69, 9.17) is 30.5 Å². The lowest BCUT2D eigenvalue weighted by molar-refractivity contribution is -0.139. The Morgan fingerprint density at radius 3 is 2.26 bits per heavy atom. The van der Waals surface area contributed by atoms with Crippen LogP contribution in [-0.2, 0) is 16.2 Å². The van der Waals surface area contributed by atoms with Gasteiger partial charge in [-0.15, -0.1) is 0 Å². The predicted octanol–water partition coefficient (Wildman–Crippen LogP) is 6.05. The number of ether oxygens (including phenoxy) is 4. The van der Waals surface area contributed by atoms with E-state index in [-0.39, 0.29) is 21.4 Å². The maximum atomic E-state index is 13.6. The molecule has 1 aliphatic heterocycles. The van der Waals surface area contributed by atoms with Gasteiger partial charge in [-0.2, -0.15) is 13.2 Å². The molecule has 1 aliphatic rings. The number of likely N-dealkylation sites (N-methyl/N-ethyl adjacent to an activating group) is 1. The zero-order chi connectivity index (χ0) is 28.4. The molecule has 1 fully saturated rings. The molecule has 4 rings (SSSR count). The molecule has 3 aromatic rings. The molecule has 0 bridgehead atoms. The van der Waals surface area contributed by atoms with Crippen molar-refractivity contribution in [1.82, 2.24) is 4.90 Å². The van der Waals surface area contributed by atoms with Gasteiger partial charge in [-0.25, -0.2) is 8.42 Å². The molecule has 1 heterocycles. The van der Waals surface area contributed by atoms with Crippen molar-refractivity contribution in [1.29, 1.82) is 0 Å². The number of nitrogens with zero attached hydrogens (tertiary/aromatic N) is 1. The second kappa shape index (κ2) is 11.4. The summed E-state index contributed by atoms with van der Waals surface area (Å²) in [6, 6.07) is 11.6. The van der Waals surface area contributed by atoms with E-state index in [0.717, 1.165) is 18.2 Å². The van der Waals surface area contributed by atoms with E-state index in [0.29, 0.717) is 36.8 Å². The zero-order valence-electron chi connectivity index (χ0n) is 21.2. The van der Waals surface area contributed by atoms with Crippen LogP contribution in [0.15, 0.2) is 59.5 Å². The molecule has 3 aromatic carbocycles. The normalized spacial score (nSPS) is 16.1. The molecule has 1 atom stereocenters. The number of sulfonamides is 1. The summed E-state index contributed by atoms with van der Waals surface area (Å²) in [5.74, 6) is 1.13. The van der Waals surface area contributed by atoms with E-state index >= 15 is 0 Å². The fourth-order valence-electron chi connectivity index (χ4n) is 4.08. The first-order valence-electron chi connectivity index (χ1n) is 11.7. The maximum Gasteiger partial charge on any atom is 0.419 e. The summed E-state index contributed by atoms with van der Waals surface area (Å²) in [6.45, 7) is 1.14. The van der Waals surface area contributed by atoms with Crippen molar-refractivity contribution in [3.63, 3.8) is 0 Å². The summed E-state index contributed by atoms with van der Waals surface area (Å²) < 4.78 is 91.1. The standard InChI is InChI=1S/C26H26ClF3N2O6S/c1-32-11-10-19(15-32)38-23-12-16(4-7-20(23)26(28,29)30)31-39(33,34)25-9-6-17(13-21(25)27)37-18-5-8-22(35-2)24(14-18)36-3/h4-9,12-14,19,31H,10-11,15H2,1-3H3/t19-/m1/s1. The Kier molecular flexibility index (Phi) is 8.38. The van der Waals surface area contributed by atoms with Gasteiger partial charge in [0.25, 0.3) is 10.0 Å². The van der Waals surface area contributed by atoms with Gasteiger partial charge >= 0.3 is 6.18 Å². The fraction of sp³-hybridized carbons (Fsp3) is 0.308. The van der Waals surface area contributed by atoms with Gasteiger partial charge in [0.1, 0.15) is 28.2 Å². The molecule has 0 unspecified atom stereocenters. The number of halogens is 4. The molecule has 0 radical (unpaired) electrons. The van der Waals surface area contributed by atoms with E-state index < -0.39 is 33.6 Å². The third kappa shape index (κ3) is 6.81. The number of benzene rings is 3. The highest BCUT2D eigenvalue weighted by molar-refractivity contribution is 7.92. The average Bonchev–Trinajstić information content (AvgIpc) is 3.27. The van der Waals surface area contributed by atoms with Gasteiger partial charge in [-0.3, -0.25) is 4.72 Å². The summed E-state index contributed by atoms with van der Waals surface area (Å²) in [7, 11) is 0.541. The number of alkyl halides is 3. The summed E-state index contributed by atoms with van der Waals surface area (Å²) >= 11 is 6.27. The van der Waals surface area contributed by atoms with Gasteiger partial charge in [-0.05, 0) is 49.9 Å². The maximum absolute atomic E-state index is 13.6. The summed E-state index contributed by atoms with van der Waals surface area (Å²) in [6.07, 6.45) is -4.57. The van der Waals surface area contributed by atoms with Crippen molar-refractivity contribution in [2.75, 3.05) is 39.1 Å². The second-order valence-corrected chi connectivity index (χ2v) is 10.9. The zero-order valence-corrected chi connectivity index (χ0v) is 22.8. The first kappa shape index (κ1) is 28.7. The summed E-state index contributed by atoms with van der Waals surface area (Å²) in [5, 5.41) is -0.155. The molecule has 1 saturated heterocycles. The predicted molar refractivity (Wildman–Crippen MR) is 140 cm³/mol. The van der Waals surface area contributed by atoms with Gasteiger partial charge in [-0.1, -0.05) is 11.6 Å². The van der Waals surface area contributed by atoms with Crippen LogP contribution in [-0.4, -0.2) is 53.8 Å². The van der Waals surface area contributed by atoms with Crippen LogP contribution in [0.1, 0.15) is 12.0 Å². The average molecular weight is 587 g/mol. The van der Waals surface area contributed by atoms with Crippen molar-refractivity contribution in [2.45, 2.75) is 23.6 Å². The third-order valence-electron chi connectivity index (χ3n) is 5.96. The Hall–Kier alpha value is -3.35. The number of anilines is 1. The Morgan fingerprint density at radius 2 is 1.64 bits per heavy atom. The molecule has 1 N–H and O–H groups in total.